The van der Waals surface area contributed by atoms with E-state index in [-0.39, 0.29) is 6.10 Å². The highest BCUT2D eigenvalue weighted by Gasteiger charge is 2.18. The number of hydrogen-bond donors (Lipinski definition) is 1. The molecule has 1 aliphatic rings. The van der Waals surface area contributed by atoms with Crippen LogP contribution in [-0.4, -0.2) is 44.3 Å². The first-order chi connectivity index (χ1) is 10.1. The molecule has 0 radical (unpaired) electrons. The summed E-state index contributed by atoms with van der Waals surface area (Å²) < 4.78 is 11.2. The molecule has 118 valence electrons. The predicted octanol–water partition coefficient (Wildman–Crippen LogP) is 2.67. The van der Waals surface area contributed by atoms with Gasteiger partial charge in [-0.3, -0.25) is 4.90 Å². The second-order valence-corrected chi connectivity index (χ2v) is 6.01. The number of piperidine rings is 1. The van der Waals surface area contributed by atoms with E-state index in [9.17, 15) is 0 Å². The van der Waals surface area contributed by atoms with E-state index in [2.05, 4.69) is 29.4 Å². The Kier molecular flexibility index (Phi) is 5.88. The SMILES string of the molecule is CNC1CCCN(Cc2ccc(OC(C)C)c(OC)c2)C1. The maximum Gasteiger partial charge on any atom is 0.161 e. The molecule has 1 atom stereocenters. The summed E-state index contributed by atoms with van der Waals surface area (Å²) in [5.41, 5.74) is 1.28. The van der Waals surface area contributed by atoms with Crippen molar-refractivity contribution >= 4 is 0 Å². The highest BCUT2D eigenvalue weighted by molar-refractivity contribution is 5.43. The molecule has 0 amide bonds. The van der Waals surface area contributed by atoms with Crippen molar-refractivity contribution in [3.05, 3.63) is 23.8 Å². The van der Waals surface area contributed by atoms with Crippen molar-refractivity contribution in [3.63, 3.8) is 0 Å². The molecule has 1 unspecified atom stereocenters. The first kappa shape index (κ1) is 16.1. The molecule has 0 spiro atoms. The predicted molar refractivity (Wildman–Crippen MR) is 86.1 cm³/mol. The quantitative estimate of drug-likeness (QED) is 0.874. The molecule has 21 heavy (non-hydrogen) atoms. The Bertz CT molecular complexity index is 448. The Morgan fingerprint density at radius 3 is 2.81 bits per heavy atom. The number of nitrogens with zero attached hydrogens (tertiary/aromatic N) is 1. The van der Waals surface area contributed by atoms with Gasteiger partial charge in [-0.15, -0.1) is 0 Å². The number of methoxy groups -OCH3 is 1. The summed E-state index contributed by atoms with van der Waals surface area (Å²) in [6.45, 7) is 7.31. The molecule has 4 nitrogen and oxygen atoms in total. The third-order valence-corrected chi connectivity index (χ3v) is 3.91. The molecule has 1 aliphatic heterocycles. The lowest BCUT2D eigenvalue weighted by molar-refractivity contribution is 0.187. The van der Waals surface area contributed by atoms with Crippen LogP contribution in [0.1, 0.15) is 32.3 Å². The van der Waals surface area contributed by atoms with Crippen LogP contribution in [0.15, 0.2) is 18.2 Å². The van der Waals surface area contributed by atoms with E-state index < -0.39 is 0 Å². The molecule has 1 fully saturated rings. The van der Waals surface area contributed by atoms with Gasteiger partial charge >= 0.3 is 0 Å². The number of ether oxygens (including phenoxy) is 2. The molecule has 1 N–H and O–H groups in total. The van der Waals surface area contributed by atoms with E-state index >= 15 is 0 Å². The average Bonchev–Trinajstić information content (AvgIpc) is 2.48. The topological polar surface area (TPSA) is 33.7 Å². The Hall–Kier alpha value is -1.26. The largest absolute Gasteiger partial charge is 0.493 e. The third-order valence-electron chi connectivity index (χ3n) is 3.91. The van der Waals surface area contributed by atoms with Gasteiger partial charge in [0.2, 0.25) is 0 Å². The summed E-state index contributed by atoms with van der Waals surface area (Å²) in [5.74, 6) is 1.64. The molecule has 1 aromatic rings. The lowest BCUT2D eigenvalue weighted by Gasteiger charge is -2.32. The fourth-order valence-electron chi connectivity index (χ4n) is 2.85. The second-order valence-electron chi connectivity index (χ2n) is 6.01. The van der Waals surface area contributed by atoms with Crippen LogP contribution >= 0.6 is 0 Å². The van der Waals surface area contributed by atoms with Gasteiger partial charge in [0.1, 0.15) is 0 Å². The van der Waals surface area contributed by atoms with Crippen LogP contribution in [0.2, 0.25) is 0 Å². The lowest BCUT2D eigenvalue weighted by Crippen LogP contribution is -2.43. The van der Waals surface area contributed by atoms with Gasteiger partial charge in [0.05, 0.1) is 13.2 Å². The average molecular weight is 292 g/mol. The minimum absolute atomic E-state index is 0.156. The van der Waals surface area contributed by atoms with Gasteiger partial charge in [0.25, 0.3) is 0 Å². The zero-order valence-corrected chi connectivity index (χ0v) is 13.7. The van der Waals surface area contributed by atoms with Crippen LogP contribution in [0, 0.1) is 0 Å². The first-order valence-electron chi connectivity index (χ1n) is 7.85. The molecular weight excluding hydrogens is 264 g/mol. The van der Waals surface area contributed by atoms with E-state index in [1.807, 2.05) is 19.9 Å². The molecule has 2 rings (SSSR count). The Labute approximate surface area is 128 Å². The fraction of sp³-hybridized carbons (Fsp3) is 0.647. The van der Waals surface area contributed by atoms with Gasteiger partial charge in [-0.25, -0.2) is 0 Å². The molecule has 1 aromatic carbocycles. The highest BCUT2D eigenvalue weighted by atomic mass is 16.5. The third kappa shape index (κ3) is 4.61. The molecule has 0 aliphatic carbocycles. The van der Waals surface area contributed by atoms with Crippen molar-refractivity contribution in [2.45, 2.75) is 45.4 Å². The van der Waals surface area contributed by atoms with Crippen molar-refractivity contribution < 1.29 is 9.47 Å². The maximum absolute atomic E-state index is 5.77. The molecule has 0 aromatic heterocycles. The minimum atomic E-state index is 0.156. The number of benzene rings is 1. The molecule has 0 bridgehead atoms. The molecule has 1 saturated heterocycles. The molecule has 0 saturated carbocycles. The van der Waals surface area contributed by atoms with Crippen molar-refractivity contribution in [3.8, 4) is 11.5 Å². The zero-order valence-electron chi connectivity index (χ0n) is 13.7. The number of likely N-dealkylation sites (N-methyl/N-ethyl adjacent to an activating group) is 1. The van der Waals surface area contributed by atoms with E-state index in [1.54, 1.807) is 7.11 Å². The van der Waals surface area contributed by atoms with Gasteiger partial charge in [-0.2, -0.15) is 0 Å². The van der Waals surface area contributed by atoms with E-state index in [4.69, 9.17) is 9.47 Å². The van der Waals surface area contributed by atoms with Gasteiger partial charge in [-0.05, 0) is 58.0 Å². The van der Waals surface area contributed by atoms with Gasteiger partial charge in [-0.1, -0.05) is 6.07 Å². The van der Waals surface area contributed by atoms with Crippen molar-refractivity contribution in [1.29, 1.82) is 0 Å². The highest BCUT2D eigenvalue weighted by Crippen LogP contribution is 2.29. The van der Waals surface area contributed by atoms with Crippen molar-refractivity contribution in [1.82, 2.24) is 10.2 Å². The van der Waals surface area contributed by atoms with Gasteiger partial charge in [0.15, 0.2) is 11.5 Å². The summed E-state index contributed by atoms with van der Waals surface area (Å²) in [6, 6.07) is 6.88. The zero-order chi connectivity index (χ0) is 15.2. The summed E-state index contributed by atoms with van der Waals surface area (Å²) in [4.78, 5) is 2.50. The van der Waals surface area contributed by atoms with E-state index in [0.29, 0.717) is 6.04 Å². The van der Waals surface area contributed by atoms with Gasteiger partial charge in [0, 0.05) is 19.1 Å². The normalized spacial score (nSPS) is 19.8. The number of rotatable bonds is 6. The van der Waals surface area contributed by atoms with Crippen molar-refractivity contribution in [2.75, 3.05) is 27.2 Å². The van der Waals surface area contributed by atoms with E-state index in [0.717, 1.165) is 24.6 Å². The van der Waals surface area contributed by atoms with Gasteiger partial charge < -0.3 is 14.8 Å². The Morgan fingerprint density at radius 1 is 1.33 bits per heavy atom. The van der Waals surface area contributed by atoms with Crippen LogP contribution in [0.3, 0.4) is 0 Å². The lowest BCUT2D eigenvalue weighted by atomic mass is 10.0. The monoisotopic (exact) mass is 292 g/mol. The number of likely N-dealkylation sites (tertiary alicyclic amines) is 1. The summed E-state index contributed by atoms with van der Waals surface area (Å²) in [6.07, 6.45) is 2.69. The Morgan fingerprint density at radius 2 is 2.14 bits per heavy atom. The fourth-order valence-corrected chi connectivity index (χ4v) is 2.85. The van der Waals surface area contributed by atoms with Crippen molar-refractivity contribution in [2.24, 2.45) is 0 Å². The number of hydrogen-bond acceptors (Lipinski definition) is 4. The minimum Gasteiger partial charge on any atom is -0.493 e. The van der Waals surface area contributed by atoms with E-state index in [1.165, 1.54) is 24.9 Å². The summed E-state index contributed by atoms with van der Waals surface area (Å²) >= 11 is 0. The summed E-state index contributed by atoms with van der Waals surface area (Å²) in [7, 11) is 3.75. The van der Waals surface area contributed by atoms with Crippen LogP contribution in [0.4, 0.5) is 0 Å². The summed E-state index contributed by atoms with van der Waals surface area (Å²) in [5, 5.41) is 3.39. The van der Waals surface area contributed by atoms with Crippen LogP contribution in [0.25, 0.3) is 0 Å². The van der Waals surface area contributed by atoms with Crippen LogP contribution in [-0.2, 0) is 6.54 Å². The number of nitrogens with one attached hydrogen (secondary N) is 1. The second kappa shape index (κ2) is 7.66. The van der Waals surface area contributed by atoms with Crippen LogP contribution in [0.5, 0.6) is 11.5 Å². The first-order valence-corrected chi connectivity index (χ1v) is 7.85. The molecular formula is C17H28N2O2. The van der Waals surface area contributed by atoms with Crippen LogP contribution < -0.4 is 14.8 Å². The standard InChI is InChI=1S/C17H28N2O2/c1-13(2)21-16-8-7-14(10-17(16)20-4)11-19-9-5-6-15(12-19)18-3/h7-8,10,13,15,18H,5-6,9,11-12H2,1-4H3. The Balaban J connectivity index is 2.03. The molecule has 1 heterocycles. The smallest absolute Gasteiger partial charge is 0.161 e. The maximum atomic E-state index is 5.77. The molecule has 4 heteroatoms.